The number of benzene rings is 1. The number of hydrogen-bond acceptors (Lipinski definition) is 7. The largest absolute Gasteiger partial charge is 0.493 e. The molecule has 1 aliphatic rings. The van der Waals surface area contributed by atoms with E-state index in [0.717, 1.165) is 47.9 Å². The Morgan fingerprint density at radius 3 is 2.76 bits per heavy atom. The van der Waals surface area contributed by atoms with Gasteiger partial charge in [0, 0.05) is 18.2 Å². The Morgan fingerprint density at radius 1 is 1.29 bits per heavy atom. The van der Waals surface area contributed by atoms with E-state index in [1.807, 2.05) is 45.2 Å². The summed E-state index contributed by atoms with van der Waals surface area (Å²) >= 11 is 0. The highest BCUT2D eigenvalue weighted by molar-refractivity contribution is 6.02. The van der Waals surface area contributed by atoms with Crippen LogP contribution in [0.25, 0.3) is 16.6 Å². The van der Waals surface area contributed by atoms with Crippen molar-refractivity contribution >= 4 is 11.3 Å². The highest BCUT2D eigenvalue weighted by atomic mass is 19.1. The number of Topliss-reactive ketones (excluding diaryl/α,β-unsaturated/α-hetero) is 1. The minimum absolute atomic E-state index is 0.113. The van der Waals surface area contributed by atoms with Gasteiger partial charge in [-0.15, -0.1) is 0 Å². The highest BCUT2D eigenvalue weighted by Crippen LogP contribution is 2.40. The Hall–Kier alpha value is -4.01. The number of ketones is 1. The molecule has 3 heterocycles. The molecule has 5 rings (SSSR count). The van der Waals surface area contributed by atoms with Crippen LogP contribution in [0.3, 0.4) is 0 Å². The molecule has 0 amide bonds. The van der Waals surface area contributed by atoms with Gasteiger partial charge in [0.05, 0.1) is 23.7 Å². The second-order valence-electron chi connectivity index (χ2n) is 11.2. The number of carbonyl (C=O) groups is 1. The first-order valence-corrected chi connectivity index (χ1v) is 14.3. The van der Waals surface area contributed by atoms with Crippen LogP contribution in [0.1, 0.15) is 86.9 Å². The van der Waals surface area contributed by atoms with E-state index in [-0.39, 0.29) is 17.1 Å². The predicted octanol–water partition coefficient (Wildman–Crippen LogP) is 7.43. The number of alkyl halides is 1. The van der Waals surface area contributed by atoms with E-state index in [0.29, 0.717) is 36.1 Å². The number of fused-ring (bicyclic) bond motifs is 1. The van der Waals surface area contributed by atoms with Gasteiger partial charge in [-0.1, -0.05) is 44.0 Å². The summed E-state index contributed by atoms with van der Waals surface area (Å²) < 4.78 is 33.4. The minimum atomic E-state index is -1.77. The number of aromatic nitrogens is 4. The maximum absolute atomic E-state index is 14.5. The predicted molar refractivity (Wildman–Crippen MR) is 154 cm³/mol. The molecule has 216 valence electrons. The lowest BCUT2D eigenvalue weighted by atomic mass is 9.85. The standard InChI is InChI=1S/C32H37FN4O4/c1-6-15-39-27-16-22(17-28(40-29(33)7-2)30(27)26(38)10-8-9-21-11-12-21)24-18-34-37-19-23(13-14-25(24)37)32(4,5)31-35-20(3)36-41-31/h7,13-14,16-19,21,29H,2,6,8-12,15H2,1,3-5H3. The van der Waals surface area contributed by atoms with Crippen molar-refractivity contribution in [3.63, 3.8) is 0 Å². The number of nitrogens with zero attached hydrogens (tertiary/aromatic N) is 4. The molecule has 0 N–H and O–H groups in total. The van der Waals surface area contributed by atoms with E-state index < -0.39 is 11.8 Å². The lowest BCUT2D eigenvalue weighted by Crippen LogP contribution is -2.20. The first-order chi connectivity index (χ1) is 19.7. The lowest BCUT2D eigenvalue weighted by Gasteiger charge is -2.20. The summed E-state index contributed by atoms with van der Waals surface area (Å²) in [6.45, 7) is 11.7. The van der Waals surface area contributed by atoms with Crippen LogP contribution >= 0.6 is 0 Å². The van der Waals surface area contributed by atoms with E-state index in [2.05, 4.69) is 21.8 Å². The summed E-state index contributed by atoms with van der Waals surface area (Å²) in [7, 11) is 0. The van der Waals surface area contributed by atoms with E-state index in [1.54, 1.807) is 23.7 Å². The fraction of sp³-hybridized carbons (Fsp3) is 0.438. The van der Waals surface area contributed by atoms with Gasteiger partial charge >= 0.3 is 0 Å². The molecule has 1 aromatic carbocycles. The number of rotatable bonds is 14. The number of aryl methyl sites for hydroxylation is 1. The van der Waals surface area contributed by atoms with Gasteiger partial charge in [-0.25, -0.2) is 4.52 Å². The number of halogens is 1. The summed E-state index contributed by atoms with van der Waals surface area (Å²) in [5, 5.41) is 8.53. The van der Waals surface area contributed by atoms with E-state index in [1.165, 1.54) is 12.8 Å². The maximum atomic E-state index is 14.5. The zero-order chi connectivity index (χ0) is 29.1. The van der Waals surface area contributed by atoms with Crippen LogP contribution in [0.15, 0.2) is 53.8 Å². The fourth-order valence-corrected chi connectivity index (χ4v) is 4.94. The molecule has 1 atom stereocenters. The molecule has 1 fully saturated rings. The molecule has 0 aliphatic heterocycles. The minimum Gasteiger partial charge on any atom is -0.493 e. The summed E-state index contributed by atoms with van der Waals surface area (Å²) in [5.74, 6) is 2.23. The van der Waals surface area contributed by atoms with Gasteiger partial charge in [0.1, 0.15) is 17.1 Å². The summed E-state index contributed by atoms with van der Waals surface area (Å²) in [6, 6.07) is 7.49. The average molecular weight is 561 g/mol. The molecule has 8 nitrogen and oxygen atoms in total. The molecule has 1 aliphatic carbocycles. The number of hydrogen-bond donors (Lipinski definition) is 0. The van der Waals surface area contributed by atoms with Gasteiger partial charge in [0.15, 0.2) is 11.6 Å². The molecule has 1 unspecified atom stereocenters. The maximum Gasteiger partial charge on any atom is 0.257 e. The summed E-state index contributed by atoms with van der Waals surface area (Å²) in [6.07, 6.45) is 8.35. The Balaban J connectivity index is 1.54. The van der Waals surface area contributed by atoms with Crippen LogP contribution in [-0.4, -0.2) is 38.5 Å². The molecule has 4 aromatic rings. The molecule has 1 saturated carbocycles. The second-order valence-corrected chi connectivity index (χ2v) is 11.2. The van der Waals surface area contributed by atoms with Gasteiger partial charge < -0.3 is 14.0 Å². The highest BCUT2D eigenvalue weighted by Gasteiger charge is 2.31. The SMILES string of the molecule is C=CC(F)Oc1cc(-c2cnn3cc(C(C)(C)c4nc(C)no4)ccc23)cc(OCCC)c1C(=O)CCCC1CC1. The van der Waals surface area contributed by atoms with Gasteiger partial charge in [0.2, 0.25) is 5.89 Å². The Labute approximate surface area is 239 Å². The van der Waals surface area contributed by atoms with Gasteiger partial charge in [-0.05, 0) is 74.9 Å². The molecular weight excluding hydrogens is 523 g/mol. The van der Waals surface area contributed by atoms with Gasteiger partial charge in [-0.2, -0.15) is 14.5 Å². The quantitative estimate of drug-likeness (QED) is 0.117. The van der Waals surface area contributed by atoms with Crippen molar-refractivity contribution in [3.05, 3.63) is 72.2 Å². The second kappa shape index (κ2) is 11.8. The van der Waals surface area contributed by atoms with Crippen molar-refractivity contribution in [2.75, 3.05) is 6.61 Å². The summed E-state index contributed by atoms with van der Waals surface area (Å²) in [5.41, 5.74) is 2.99. The Bertz CT molecular complexity index is 1550. The van der Waals surface area contributed by atoms with Crippen LogP contribution in [0.4, 0.5) is 4.39 Å². The molecule has 0 saturated heterocycles. The van der Waals surface area contributed by atoms with Crippen molar-refractivity contribution in [2.45, 2.75) is 78.0 Å². The third-order valence-corrected chi connectivity index (χ3v) is 7.56. The first kappa shape index (κ1) is 28.5. The molecule has 0 spiro atoms. The monoisotopic (exact) mass is 560 g/mol. The van der Waals surface area contributed by atoms with Crippen molar-refractivity contribution in [1.82, 2.24) is 19.8 Å². The molecule has 41 heavy (non-hydrogen) atoms. The van der Waals surface area contributed by atoms with Crippen LogP contribution in [0.5, 0.6) is 11.5 Å². The number of ether oxygens (including phenoxy) is 2. The number of pyridine rings is 1. The van der Waals surface area contributed by atoms with Crippen LogP contribution in [0, 0.1) is 12.8 Å². The van der Waals surface area contributed by atoms with E-state index in [9.17, 15) is 9.18 Å². The molecule has 0 radical (unpaired) electrons. The lowest BCUT2D eigenvalue weighted by molar-refractivity contribution is 0.0939. The van der Waals surface area contributed by atoms with E-state index in [4.69, 9.17) is 14.0 Å². The third-order valence-electron chi connectivity index (χ3n) is 7.56. The zero-order valence-corrected chi connectivity index (χ0v) is 24.2. The zero-order valence-electron chi connectivity index (χ0n) is 24.2. The molecule has 3 aromatic heterocycles. The van der Waals surface area contributed by atoms with Gasteiger partial charge in [0.25, 0.3) is 6.36 Å². The average Bonchev–Trinajstić information content (AvgIpc) is 3.50. The molecule has 0 bridgehead atoms. The third kappa shape index (κ3) is 6.19. The van der Waals surface area contributed by atoms with Crippen LogP contribution in [0.2, 0.25) is 0 Å². The van der Waals surface area contributed by atoms with Crippen LogP contribution in [-0.2, 0) is 5.41 Å². The number of carbonyl (C=O) groups excluding carboxylic acids is 1. The van der Waals surface area contributed by atoms with Gasteiger partial charge in [-0.3, -0.25) is 4.79 Å². The molecular formula is C32H37FN4O4. The van der Waals surface area contributed by atoms with Crippen molar-refractivity contribution in [1.29, 1.82) is 0 Å². The summed E-state index contributed by atoms with van der Waals surface area (Å²) in [4.78, 5) is 17.9. The van der Waals surface area contributed by atoms with Crippen molar-refractivity contribution < 1.29 is 23.2 Å². The first-order valence-electron chi connectivity index (χ1n) is 14.3. The Kier molecular flexibility index (Phi) is 8.24. The fourth-order valence-electron chi connectivity index (χ4n) is 4.94. The van der Waals surface area contributed by atoms with Crippen molar-refractivity contribution in [3.8, 4) is 22.6 Å². The van der Waals surface area contributed by atoms with E-state index >= 15 is 0 Å². The van der Waals surface area contributed by atoms with Crippen LogP contribution < -0.4 is 9.47 Å². The normalized spacial score (nSPS) is 14.3. The molecule has 9 heteroatoms. The Morgan fingerprint density at radius 2 is 2.07 bits per heavy atom. The van der Waals surface area contributed by atoms with Crippen molar-refractivity contribution in [2.24, 2.45) is 5.92 Å². The smallest absolute Gasteiger partial charge is 0.257 e. The topological polar surface area (TPSA) is 91.8 Å².